The monoisotopic (exact) mass is 509 g/mol. The van der Waals surface area contributed by atoms with Crippen molar-refractivity contribution >= 4 is 17.5 Å². The quantitative estimate of drug-likeness (QED) is 0.484. The summed E-state index contributed by atoms with van der Waals surface area (Å²) in [5.41, 5.74) is 0.457. The maximum atomic E-state index is 14.4. The number of carbonyl (C=O) groups excluding carboxylic acids is 3. The fourth-order valence-corrected chi connectivity index (χ4v) is 10.1. The van der Waals surface area contributed by atoms with Gasteiger partial charge in [-0.15, -0.1) is 0 Å². The second-order valence-corrected chi connectivity index (χ2v) is 14.1. The van der Waals surface area contributed by atoms with Gasteiger partial charge in [-0.2, -0.15) is 0 Å². The number of rotatable bonds is 2. The van der Waals surface area contributed by atoms with Crippen LogP contribution in [0.1, 0.15) is 80.1 Å². The number of piperidine rings is 1. The molecule has 2 bridgehead atoms. The molecule has 3 aliphatic carbocycles. The van der Waals surface area contributed by atoms with Crippen molar-refractivity contribution in [3.8, 4) is 0 Å². The number of ether oxygens (including phenoxy) is 2. The highest BCUT2D eigenvalue weighted by molar-refractivity contribution is 6.00. The molecule has 0 aromatic carbocycles. The summed E-state index contributed by atoms with van der Waals surface area (Å²) in [7, 11) is 1.44. The van der Waals surface area contributed by atoms with E-state index < -0.39 is 10.8 Å². The Kier molecular flexibility index (Phi) is 5.34. The van der Waals surface area contributed by atoms with E-state index in [0.29, 0.717) is 5.92 Å². The van der Waals surface area contributed by atoms with Crippen LogP contribution in [-0.2, 0) is 23.9 Å². The summed E-state index contributed by atoms with van der Waals surface area (Å²) in [6.07, 6.45) is 9.21. The first-order valence-electron chi connectivity index (χ1n) is 14.3. The Labute approximate surface area is 221 Å². The zero-order valence-corrected chi connectivity index (χ0v) is 23.6. The third-order valence-electron chi connectivity index (χ3n) is 11.9. The summed E-state index contributed by atoms with van der Waals surface area (Å²) in [5.74, 6) is -0.449. The van der Waals surface area contributed by atoms with Gasteiger partial charge in [0, 0.05) is 40.8 Å². The molecule has 1 saturated carbocycles. The highest BCUT2D eigenvalue weighted by Crippen LogP contribution is 2.72. The smallest absolute Gasteiger partial charge is 0.306 e. The fraction of sp³-hybridized carbons (Fsp3) is 0.774. The van der Waals surface area contributed by atoms with E-state index in [2.05, 4.69) is 38.7 Å². The van der Waals surface area contributed by atoms with E-state index >= 15 is 0 Å². The zero-order valence-electron chi connectivity index (χ0n) is 23.6. The molecule has 6 nitrogen and oxygen atoms in total. The van der Waals surface area contributed by atoms with Gasteiger partial charge in [0.15, 0.2) is 5.78 Å². The summed E-state index contributed by atoms with van der Waals surface area (Å²) in [4.78, 5) is 43.4. The Morgan fingerprint density at radius 3 is 2.62 bits per heavy atom. The molecule has 6 heteroatoms. The van der Waals surface area contributed by atoms with Gasteiger partial charge in [-0.3, -0.25) is 14.4 Å². The maximum Gasteiger partial charge on any atom is 0.306 e. The number of Topliss-reactive ketones (excluding diaryl/α,β-unsaturated/α-hetero) is 1. The number of methoxy groups -OCH3 is 1. The number of hydrogen-bond donors (Lipinski definition) is 0. The Bertz CT molecular complexity index is 1140. The lowest BCUT2D eigenvalue weighted by molar-refractivity contribution is -0.200. The Morgan fingerprint density at radius 2 is 1.92 bits per heavy atom. The SMILES string of the molecule is COC(=O)CC1(C)C2C(=O)C(C)C3C(=O)C=C(C)CC3C2(C)C=C2N3CC4CC(C)CC3(CCC21C)O4. The van der Waals surface area contributed by atoms with Crippen LogP contribution in [0.3, 0.4) is 0 Å². The number of hydrogen-bond acceptors (Lipinski definition) is 6. The second kappa shape index (κ2) is 7.80. The van der Waals surface area contributed by atoms with Crippen molar-refractivity contribution in [3.63, 3.8) is 0 Å². The summed E-state index contributed by atoms with van der Waals surface area (Å²) < 4.78 is 12.0. The highest BCUT2D eigenvalue weighted by atomic mass is 16.5. The third-order valence-corrected chi connectivity index (χ3v) is 11.9. The van der Waals surface area contributed by atoms with E-state index in [4.69, 9.17) is 9.47 Å². The molecule has 0 aromatic rings. The van der Waals surface area contributed by atoms with Crippen LogP contribution < -0.4 is 0 Å². The first-order chi connectivity index (χ1) is 17.3. The van der Waals surface area contributed by atoms with Crippen LogP contribution in [0.15, 0.2) is 23.4 Å². The molecule has 0 radical (unpaired) electrons. The molecule has 3 saturated heterocycles. The molecule has 0 N–H and O–H groups in total. The number of allylic oxidation sites excluding steroid dienone is 4. The van der Waals surface area contributed by atoms with Gasteiger partial charge in [0.25, 0.3) is 0 Å². The van der Waals surface area contributed by atoms with Gasteiger partial charge in [-0.05, 0) is 62.4 Å². The Hall–Kier alpha value is -1.95. The van der Waals surface area contributed by atoms with Crippen molar-refractivity contribution in [2.45, 2.75) is 91.9 Å². The van der Waals surface area contributed by atoms with Crippen molar-refractivity contribution in [2.75, 3.05) is 13.7 Å². The van der Waals surface area contributed by atoms with Gasteiger partial charge >= 0.3 is 5.97 Å². The number of carbonyl (C=O) groups is 3. The predicted octanol–water partition coefficient (Wildman–Crippen LogP) is 5.07. The lowest BCUT2D eigenvalue weighted by atomic mass is 9.37. The molecule has 0 amide bonds. The lowest BCUT2D eigenvalue weighted by Crippen LogP contribution is -2.68. The third kappa shape index (κ3) is 3.11. The number of ketones is 2. The first kappa shape index (κ1) is 25.3. The molecule has 37 heavy (non-hydrogen) atoms. The second-order valence-electron chi connectivity index (χ2n) is 14.1. The minimum Gasteiger partial charge on any atom is -0.469 e. The lowest BCUT2D eigenvalue weighted by Gasteiger charge is -2.68. The van der Waals surface area contributed by atoms with Crippen molar-refractivity contribution in [1.82, 2.24) is 4.90 Å². The molecule has 202 valence electrons. The minimum atomic E-state index is -0.642. The molecule has 10 unspecified atom stereocenters. The molecular formula is C31H43NO5. The van der Waals surface area contributed by atoms with Crippen molar-refractivity contribution in [2.24, 2.45) is 45.8 Å². The van der Waals surface area contributed by atoms with E-state index in [-0.39, 0.29) is 64.9 Å². The van der Waals surface area contributed by atoms with Gasteiger partial charge in [0.2, 0.25) is 0 Å². The van der Waals surface area contributed by atoms with E-state index in [1.54, 1.807) is 6.08 Å². The molecule has 1 spiro atoms. The molecule has 0 aromatic heterocycles. The standard InChI is InChI=1S/C31H43NO5/c1-17-11-21-25(22(33)12-17)19(3)26(35)27-28(21,4)14-23-29(5,30(27,6)15-24(34)36-7)8-9-31-13-18(2)10-20(37-31)16-32(23)31/h12,14,18-21,25,27H,8-11,13,15-16H2,1-7H3. The van der Waals surface area contributed by atoms with Crippen LogP contribution in [0.25, 0.3) is 0 Å². The molecule has 6 rings (SSSR count). The van der Waals surface area contributed by atoms with E-state index in [9.17, 15) is 14.4 Å². The fourth-order valence-electron chi connectivity index (χ4n) is 10.1. The van der Waals surface area contributed by atoms with Gasteiger partial charge in [-0.1, -0.05) is 46.3 Å². The van der Waals surface area contributed by atoms with Gasteiger partial charge < -0.3 is 14.4 Å². The topological polar surface area (TPSA) is 72.9 Å². The largest absolute Gasteiger partial charge is 0.469 e. The van der Waals surface area contributed by atoms with E-state index in [0.717, 1.165) is 44.2 Å². The molecule has 10 atom stereocenters. The Balaban J connectivity index is 1.59. The first-order valence-corrected chi connectivity index (χ1v) is 14.3. The molecule has 4 fully saturated rings. The molecule has 6 aliphatic rings. The van der Waals surface area contributed by atoms with Crippen LogP contribution in [0, 0.1) is 45.8 Å². The maximum absolute atomic E-state index is 14.4. The van der Waals surface area contributed by atoms with Crippen LogP contribution in [0.5, 0.6) is 0 Å². The molecular weight excluding hydrogens is 466 g/mol. The van der Waals surface area contributed by atoms with Crippen molar-refractivity contribution < 1.29 is 23.9 Å². The summed E-state index contributed by atoms with van der Waals surface area (Å²) in [6, 6.07) is 0. The van der Waals surface area contributed by atoms with Crippen molar-refractivity contribution in [1.29, 1.82) is 0 Å². The van der Waals surface area contributed by atoms with Crippen LogP contribution in [-0.4, -0.2) is 47.9 Å². The van der Waals surface area contributed by atoms with E-state index in [1.165, 1.54) is 12.8 Å². The summed E-state index contributed by atoms with van der Waals surface area (Å²) in [5, 5.41) is 0. The average molecular weight is 510 g/mol. The molecule has 3 aliphatic heterocycles. The molecule has 3 heterocycles. The normalized spacial score (nSPS) is 50.3. The van der Waals surface area contributed by atoms with Crippen molar-refractivity contribution in [3.05, 3.63) is 23.4 Å². The highest BCUT2D eigenvalue weighted by Gasteiger charge is 2.72. The van der Waals surface area contributed by atoms with Gasteiger partial charge in [0.05, 0.1) is 19.6 Å². The van der Waals surface area contributed by atoms with Crippen LogP contribution in [0.2, 0.25) is 0 Å². The van der Waals surface area contributed by atoms with E-state index in [1.807, 2.05) is 13.8 Å². The average Bonchev–Trinajstić information content (AvgIpc) is 3.09. The number of esters is 1. The van der Waals surface area contributed by atoms with Crippen LogP contribution in [0.4, 0.5) is 0 Å². The number of nitrogens with zero attached hydrogens (tertiary/aromatic N) is 1. The van der Waals surface area contributed by atoms with Crippen LogP contribution >= 0.6 is 0 Å². The summed E-state index contributed by atoms with van der Waals surface area (Å²) in [6.45, 7) is 13.8. The number of fused-ring (bicyclic) bond motifs is 6. The Morgan fingerprint density at radius 1 is 1.19 bits per heavy atom. The minimum absolute atomic E-state index is 0.0245. The zero-order chi connectivity index (χ0) is 26.7. The van der Waals surface area contributed by atoms with Gasteiger partial charge in [-0.25, -0.2) is 0 Å². The van der Waals surface area contributed by atoms with Gasteiger partial charge in [0.1, 0.15) is 11.5 Å². The predicted molar refractivity (Wildman–Crippen MR) is 139 cm³/mol. The summed E-state index contributed by atoms with van der Waals surface area (Å²) >= 11 is 0.